The number of alkyl halides is 2. The number of halogens is 4. The largest absolute Gasteiger partial charge is 0.433 e. The molecule has 0 bridgehead atoms. The van der Waals surface area contributed by atoms with E-state index in [0.29, 0.717) is 20.8 Å². The topological polar surface area (TPSA) is 27.7 Å². The molecule has 156 valence electrons. The molecule has 29 heavy (non-hydrogen) atoms. The van der Waals surface area contributed by atoms with Crippen LogP contribution in [-0.2, 0) is 6.54 Å². The molecule has 3 rings (SSSR count). The highest BCUT2D eigenvalue weighted by Crippen LogP contribution is 2.28. The van der Waals surface area contributed by atoms with Crippen molar-refractivity contribution in [3.05, 3.63) is 57.6 Å². The molecule has 1 saturated heterocycles. The van der Waals surface area contributed by atoms with Crippen molar-refractivity contribution in [2.24, 2.45) is 0 Å². The van der Waals surface area contributed by atoms with Gasteiger partial charge in [0.15, 0.2) is 5.11 Å². The molecule has 0 aliphatic carbocycles. The van der Waals surface area contributed by atoms with Crippen LogP contribution in [0, 0.1) is 6.92 Å². The standard InChI is InChI=1S/C20H21Cl2F2N3OS/c1-13-2-5-18(28-19(23)24)17(10-13)25-20(29)27-8-6-26(7-9-27)12-14-3-4-15(21)16(22)11-14/h2-5,10-11,19H,6-9,12H2,1H3,(H,25,29). The maximum atomic E-state index is 12.6. The minimum Gasteiger partial charge on any atom is -0.433 e. The molecule has 2 aromatic rings. The fourth-order valence-electron chi connectivity index (χ4n) is 3.14. The molecule has 0 aromatic heterocycles. The first-order valence-electron chi connectivity index (χ1n) is 9.09. The van der Waals surface area contributed by atoms with E-state index in [4.69, 9.17) is 35.4 Å². The van der Waals surface area contributed by atoms with Crippen LogP contribution >= 0.6 is 35.4 Å². The van der Waals surface area contributed by atoms with Crippen LogP contribution in [0.1, 0.15) is 11.1 Å². The van der Waals surface area contributed by atoms with Gasteiger partial charge >= 0.3 is 6.61 Å². The molecule has 1 aliphatic heterocycles. The predicted molar refractivity (Wildman–Crippen MR) is 117 cm³/mol. The van der Waals surface area contributed by atoms with Crippen molar-refractivity contribution in [3.63, 3.8) is 0 Å². The number of nitrogens with zero attached hydrogens (tertiary/aromatic N) is 2. The smallest absolute Gasteiger partial charge is 0.387 e. The maximum Gasteiger partial charge on any atom is 0.387 e. The molecule has 1 fully saturated rings. The third kappa shape index (κ3) is 6.15. The second-order valence-corrected chi connectivity index (χ2v) is 8.02. The zero-order chi connectivity index (χ0) is 21.0. The normalized spacial score (nSPS) is 14.9. The molecule has 1 aliphatic rings. The molecule has 1 N–H and O–H groups in total. The first-order chi connectivity index (χ1) is 13.8. The average Bonchev–Trinajstić information content (AvgIpc) is 2.67. The molecule has 0 unspecified atom stereocenters. The van der Waals surface area contributed by atoms with E-state index in [1.54, 1.807) is 18.2 Å². The number of benzene rings is 2. The van der Waals surface area contributed by atoms with Crippen LogP contribution < -0.4 is 10.1 Å². The first-order valence-corrected chi connectivity index (χ1v) is 10.3. The van der Waals surface area contributed by atoms with Crippen molar-refractivity contribution < 1.29 is 13.5 Å². The summed E-state index contributed by atoms with van der Waals surface area (Å²) in [6.07, 6.45) is 0. The Kier molecular flexibility index (Phi) is 7.51. The van der Waals surface area contributed by atoms with E-state index in [9.17, 15) is 8.78 Å². The zero-order valence-corrected chi connectivity index (χ0v) is 18.1. The van der Waals surface area contributed by atoms with Crippen molar-refractivity contribution in [2.75, 3.05) is 31.5 Å². The van der Waals surface area contributed by atoms with Gasteiger partial charge in [0.25, 0.3) is 0 Å². The quantitative estimate of drug-likeness (QED) is 0.602. The van der Waals surface area contributed by atoms with Crippen molar-refractivity contribution in [2.45, 2.75) is 20.1 Å². The number of rotatable bonds is 5. The Hall–Kier alpha value is -1.67. The van der Waals surface area contributed by atoms with Gasteiger partial charge in [-0.25, -0.2) is 0 Å². The number of ether oxygens (including phenoxy) is 1. The van der Waals surface area contributed by atoms with Crippen molar-refractivity contribution in [1.82, 2.24) is 9.80 Å². The van der Waals surface area contributed by atoms with Crippen molar-refractivity contribution in [1.29, 1.82) is 0 Å². The Bertz CT molecular complexity index is 877. The lowest BCUT2D eigenvalue weighted by molar-refractivity contribution is -0.0493. The molecule has 0 radical (unpaired) electrons. The van der Waals surface area contributed by atoms with Gasteiger partial charge in [0, 0.05) is 32.7 Å². The Morgan fingerprint density at radius 2 is 1.83 bits per heavy atom. The molecule has 0 amide bonds. The van der Waals surface area contributed by atoms with Crippen LogP contribution in [0.2, 0.25) is 10.0 Å². The summed E-state index contributed by atoms with van der Waals surface area (Å²) in [5, 5.41) is 4.64. The van der Waals surface area contributed by atoms with Crippen LogP contribution in [0.4, 0.5) is 14.5 Å². The molecular weight excluding hydrogens is 439 g/mol. The van der Waals surface area contributed by atoms with Crippen molar-refractivity contribution in [3.8, 4) is 5.75 Å². The minimum absolute atomic E-state index is 0.0752. The zero-order valence-electron chi connectivity index (χ0n) is 15.8. The summed E-state index contributed by atoms with van der Waals surface area (Å²) < 4.78 is 29.9. The molecular formula is C20H21Cl2F2N3OS. The summed E-state index contributed by atoms with van der Waals surface area (Å²) in [5.41, 5.74) is 2.46. The average molecular weight is 460 g/mol. The van der Waals surface area contributed by atoms with Gasteiger partial charge in [-0.15, -0.1) is 0 Å². The number of aryl methyl sites for hydroxylation is 1. The van der Waals surface area contributed by atoms with Crippen LogP contribution in [-0.4, -0.2) is 47.7 Å². The number of anilines is 1. The van der Waals surface area contributed by atoms with E-state index in [0.717, 1.165) is 43.9 Å². The predicted octanol–water partition coefficient (Wildman–Crippen LogP) is 5.42. The van der Waals surface area contributed by atoms with E-state index < -0.39 is 6.61 Å². The van der Waals surface area contributed by atoms with Gasteiger partial charge in [0.1, 0.15) is 5.75 Å². The van der Waals surface area contributed by atoms with Crippen LogP contribution in [0.5, 0.6) is 5.75 Å². The highest BCUT2D eigenvalue weighted by Gasteiger charge is 2.20. The summed E-state index contributed by atoms with van der Waals surface area (Å²) in [7, 11) is 0. The van der Waals surface area contributed by atoms with Crippen LogP contribution in [0.25, 0.3) is 0 Å². The monoisotopic (exact) mass is 459 g/mol. The van der Waals surface area contributed by atoms with Crippen LogP contribution in [0.15, 0.2) is 36.4 Å². The molecule has 4 nitrogen and oxygen atoms in total. The maximum absolute atomic E-state index is 12.6. The molecule has 9 heteroatoms. The summed E-state index contributed by atoms with van der Waals surface area (Å²) in [6.45, 7) is 2.84. The van der Waals surface area contributed by atoms with Gasteiger partial charge in [-0.05, 0) is 54.5 Å². The van der Waals surface area contributed by atoms with E-state index >= 15 is 0 Å². The Labute approximate surface area is 184 Å². The molecule has 0 atom stereocenters. The lowest BCUT2D eigenvalue weighted by Gasteiger charge is -2.36. The number of nitrogens with one attached hydrogen (secondary N) is 1. The van der Waals surface area contributed by atoms with E-state index in [1.807, 2.05) is 24.0 Å². The van der Waals surface area contributed by atoms with Crippen LogP contribution in [0.3, 0.4) is 0 Å². The number of piperazine rings is 1. The number of hydrogen-bond acceptors (Lipinski definition) is 3. The van der Waals surface area contributed by atoms with E-state index in [1.165, 1.54) is 6.07 Å². The van der Waals surface area contributed by atoms with Gasteiger partial charge < -0.3 is 15.0 Å². The third-order valence-corrected chi connectivity index (χ3v) is 5.74. The summed E-state index contributed by atoms with van der Waals surface area (Å²) in [6, 6.07) is 10.6. The van der Waals surface area contributed by atoms with Gasteiger partial charge in [-0.2, -0.15) is 8.78 Å². The highest BCUT2D eigenvalue weighted by atomic mass is 35.5. The first kappa shape index (κ1) is 22.0. The number of thiocarbonyl (C=S) groups is 1. The van der Waals surface area contributed by atoms with Gasteiger partial charge in [0.2, 0.25) is 0 Å². The molecule has 0 saturated carbocycles. The highest BCUT2D eigenvalue weighted by molar-refractivity contribution is 7.80. The summed E-state index contributed by atoms with van der Waals surface area (Å²) in [4.78, 5) is 4.33. The Morgan fingerprint density at radius 3 is 2.48 bits per heavy atom. The Morgan fingerprint density at radius 1 is 1.10 bits per heavy atom. The van der Waals surface area contributed by atoms with Gasteiger partial charge in [0.05, 0.1) is 15.7 Å². The molecule has 2 aromatic carbocycles. The summed E-state index contributed by atoms with van der Waals surface area (Å²) in [5.74, 6) is 0.0752. The fourth-order valence-corrected chi connectivity index (χ4v) is 3.75. The minimum atomic E-state index is -2.89. The SMILES string of the molecule is Cc1ccc(OC(F)F)c(NC(=S)N2CCN(Cc3ccc(Cl)c(Cl)c3)CC2)c1. The van der Waals surface area contributed by atoms with Gasteiger partial charge in [-0.3, -0.25) is 4.90 Å². The fraction of sp³-hybridized carbons (Fsp3) is 0.350. The van der Waals surface area contributed by atoms with E-state index in [2.05, 4.69) is 15.0 Å². The summed E-state index contributed by atoms with van der Waals surface area (Å²) >= 11 is 17.5. The Balaban J connectivity index is 1.56. The van der Waals surface area contributed by atoms with Gasteiger partial charge in [-0.1, -0.05) is 35.3 Å². The molecule has 1 heterocycles. The van der Waals surface area contributed by atoms with E-state index in [-0.39, 0.29) is 5.75 Å². The third-order valence-electron chi connectivity index (χ3n) is 4.64. The second-order valence-electron chi connectivity index (χ2n) is 6.82. The lowest BCUT2D eigenvalue weighted by Crippen LogP contribution is -2.49. The lowest BCUT2D eigenvalue weighted by atomic mass is 10.2. The molecule has 0 spiro atoms. The number of hydrogen-bond donors (Lipinski definition) is 1. The second kappa shape index (κ2) is 9.89. The van der Waals surface area contributed by atoms with Crippen molar-refractivity contribution >= 4 is 46.2 Å².